The predicted octanol–water partition coefficient (Wildman–Crippen LogP) is 6.56. The summed E-state index contributed by atoms with van der Waals surface area (Å²) in [6, 6.07) is 13.7. The van der Waals surface area contributed by atoms with E-state index in [1.807, 2.05) is 47.8 Å². The number of thiazole rings is 1. The van der Waals surface area contributed by atoms with E-state index in [-0.39, 0.29) is 5.91 Å². The van der Waals surface area contributed by atoms with Crippen molar-refractivity contribution >= 4 is 67.9 Å². The maximum absolute atomic E-state index is 12.6. The number of nitrogens with zero attached hydrogens (tertiary/aromatic N) is 2. The zero-order valence-electron chi connectivity index (χ0n) is 15.5. The van der Waals surface area contributed by atoms with E-state index in [2.05, 4.69) is 31.1 Å². The summed E-state index contributed by atoms with van der Waals surface area (Å²) in [5, 5.41) is 5.67. The SMILES string of the molecule is O=C(CSc1nc(-c2ccc(Br)cc2)cs1)Nc1cc(Cl)ccc1N1CCCC1. The molecule has 1 N–H and O–H groups in total. The molecule has 1 saturated heterocycles. The van der Waals surface area contributed by atoms with Crippen LogP contribution < -0.4 is 10.2 Å². The molecule has 1 aromatic heterocycles. The number of hydrogen-bond acceptors (Lipinski definition) is 5. The molecule has 0 spiro atoms. The molecular formula is C21H19BrClN3OS2. The molecule has 0 radical (unpaired) electrons. The first-order valence-electron chi connectivity index (χ1n) is 9.27. The zero-order chi connectivity index (χ0) is 20.2. The standard InChI is InChI=1S/C21H19BrClN3OS2/c22-15-5-3-14(4-6-15)18-12-28-21(25-18)29-13-20(27)24-17-11-16(23)7-8-19(17)26-9-1-2-10-26/h3-8,11-12H,1-2,9-10,13H2,(H,24,27). The molecule has 29 heavy (non-hydrogen) atoms. The van der Waals surface area contributed by atoms with Gasteiger partial charge in [-0.25, -0.2) is 4.98 Å². The number of amides is 1. The van der Waals surface area contributed by atoms with Crippen LogP contribution in [0.1, 0.15) is 12.8 Å². The Labute approximate surface area is 191 Å². The van der Waals surface area contributed by atoms with E-state index in [1.165, 1.54) is 24.6 Å². The van der Waals surface area contributed by atoms with Crippen LogP contribution in [-0.2, 0) is 4.79 Å². The Kier molecular flexibility index (Phi) is 6.80. The van der Waals surface area contributed by atoms with Crippen LogP contribution in [0.2, 0.25) is 5.02 Å². The topological polar surface area (TPSA) is 45.2 Å². The van der Waals surface area contributed by atoms with Crippen LogP contribution in [0, 0.1) is 0 Å². The van der Waals surface area contributed by atoms with Gasteiger partial charge < -0.3 is 10.2 Å². The van der Waals surface area contributed by atoms with Crippen molar-refractivity contribution in [3.8, 4) is 11.3 Å². The quantitative estimate of drug-likeness (QED) is 0.383. The molecule has 2 heterocycles. The number of benzene rings is 2. The fourth-order valence-corrected chi connectivity index (χ4v) is 5.30. The summed E-state index contributed by atoms with van der Waals surface area (Å²) in [4.78, 5) is 19.5. The Morgan fingerprint density at radius 3 is 2.72 bits per heavy atom. The Hall–Kier alpha value is -1.54. The third-order valence-corrected chi connectivity index (χ3v) is 7.41. The van der Waals surface area contributed by atoms with Gasteiger partial charge in [0.15, 0.2) is 4.34 Å². The Morgan fingerprint density at radius 2 is 1.97 bits per heavy atom. The zero-order valence-corrected chi connectivity index (χ0v) is 19.5. The molecule has 0 unspecified atom stereocenters. The lowest BCUT2D eigenvalue weighted by Crippen LogP contribution is -2.21. The summed E-state index contributed by atoms with van der Waals surface area (Å²) in [5.74, 6) is 0.247. The van der Waals surface area contributed by atoms with E-state index in [0.717, 1.165) is 44.5 Å². The number of halogens is 2. The maximum atomic E-state index is 12.6. The molecule has 150 valence electrons. The second-order valence-corrected chi connectivity index (χ2v) is 10.1. The van der Waals surface area contributed by atoms with Crippen LogP contribution >= 0.6 is 50.6 Å². The van der Waals surface area contributed by atoms with Crippen LogP contribution in [-0.4, -0.2) is 29.7 Å². The molecule has 3 aromatic rings. The van der Waals surface area contributed by atoms with E-state index < -0.39 is 0 Å². The van der Waals surface area contributed by atoms with Crippen molar-refractivity contribution in [3.63, 3.8) is 0 Å². The number of nitrogens with one attached hydrogen (secondary N) is 1. The molecule has 8 heteroatoms. The minimum absolute atomic E-state index is 0.0573. The van der Waals surface area contributed by atoms with Gasteiger partial charge in [-0.2, -0.15) is 0 Å². The fourth-order valence-electron chi connectivity index (χ4n) is 3.23. The Balaban J connectivity index is 1.38. The fraction of sp³-hybridized carbons (Fsp3) is 0.238. The minimum Gasteiger partial charge on any atom is -0.370 e. The molecule has 4 rings (SSSR count). The second kappa shape index (κ2) is 9.51. The normalized spacial score (nSPS) is 13.7. The molecule has 1 aliphatic heterocycles. The molecule has 0 atom stereocenters. The average molecular weight is 509 g/mol. The highest BCUT2D eigenvalue weighted by atomic mass is 79.9. The molecule has 1 amide bonds. The molecule has 4 nitrogen and oxygen atoms in total. The lowest BCUT2D eigenvalue weighted by molar-refractivity contribution is -0.113. The molecule has 0 saturated carbocycles. The highest BCUT2D eigenvalue weighted by Crippen LogP contribution is 2.33. The monoisotopic (exact) mass is 507 g/mol. The summed E-state index contributed by atoms with van der Waals surface area (Å²) in [6.45, 7) is 2.02. The summed E-state index contributed by atoms with van der Waals surface area (Å²) < 4.78 is 1.92. The molecule has 2 aromatic carbocycles. The van der Waals surface area contributed by atoms with Gasteiger partial charge in [0.1, 0.15) is 0 Å². The van der Waals surface area contributed by atoms with E-state index in [0.29, 0.717) is 10.8 Å². The van der Waals surface area contributed by atoms with Gasteiger partial charge in [-0.15, -0.1) is 11.3 Å². The largest absolute Gasteiger partial charge is 0.370 e. The molecule has 1 fully saturated rings. The van der Waals surface area contributed by atoms with Gasteiger partial charge in [0.25, 0.3) is 0 Å². The summed E-state index contributed by atoms with van der Waals surface area (Å²) >= 11 is 12.6. The first-order chi connectivity index (χ1) is 14.1. The van der Waals surface area contributed by atoms with Crippen LogP contribution in [0.5, 0.6) is 0 Å². The predicted molar refractivity (Wildman–Crippen MR) is 128 cm³/mol. The third kappa shape index (κ3) is 5.34. The number of hydrogen-bond donors (Lipinski definition) is 1. The van der Waals surface area contributed by atoms with Gasteiger partial charge in [0.05, 0.1) is 22.8 Å². The maximum Gasteiger partial charge on any atom is 0.234 e. The molecular weight excluding hydrogens is 490 g/mol. The van der Waals surface area contributed by atoms with Gasteiger partial charge in [0.2, 0.25) is 5.91 Å². The first kappa shape index (κ1) is 20.7. The lowest BCUT2D eigenvalue weighted by atomic mass is 10.2. The summed E-state index contributed by atoms with van der Waals surface area (Å²) in [5.41, 5.74) is 3.81. The van der Waals surface area contributed by atoms with Crippen molar-refractivity contribution in [1.82, 2.24) is 4.98 Å². The smallest absolute Gasteiger partial charge is 0.234 e. The van der Waals surface area contributed by atoms with E-state index in [4.69, 9.17) is 11.6 Å². The lowest BCUT2D eigenvalue weighted by Gasteiger charge is -2.21. The van der Waals surface area contributed by atoms with Crippen LogP contribution in [0.3, 0.4) is 0 Å². The van der Waals surface area contributed by atoms with Gasteiger partial charge in [0, 0.05) is 33.5 Å². The van der Waals surface area contributed by atoms with E-state index in [9.17, 15) is 4.79 Å². The van der Waals surface area contributed by atoms with E-state index in [1.54, 1.807) is 11.3 Å². The van der Waals surface area contributed by atoms with Crippen molar-refractivity contribution in [2.45, 2.75) is 17.2 Å². The Bertz CT molecular complexity index is 1000. The van der Waals surface area contributed by atoms with Gasteiger partial charge in [-0.05, 0) is 43.2 Å². The van der Waals surface area contributed by atoms with Crippen molar-refractivity contribution < 1.29 is 4.79 Å². The third-order valence-electron chi connectivity index (χ3n) is 4.63. The molecule has 0 bridgehead atoms. The number of rotatable bonds is 6. The van der Waals surface area contributed by atoms with Crippen molar-refractivity contribution in [2.24, 2.45) is 0 Å². The van der Waals surface area contributed by atoms with Crippen LogP contribution in [0.15, 0.2) is 56.7 Å². The molecule has 0 aliphatic carbocycles. The van der Waals surface area contributed by atoms with Gasteiger partial charge in [-0.1, -0.05) is 51.4 Å². The first-order valence-corrected chi connectivity index (χ1v) is 12.3. The van der Waals surface area contributed by atoms with E-state index >= 15 is 0 Å². The highest BCUT2D eigenvalue weighted by Gasteiger charge is 2.17. The number of carbonyl (C=O) groups is 1. The van der Waals surface area contributed by atoms with Crippen LogP contribution in [0.25, 0.3) is 11.3 Å². The summed E-state index contributed by atoms with van der Waals surface area (Å²) in [7, 11) is 0. The number of carbonyl (C=O) groups excluding carboxylic acids is 1. The number of thioether (sulfide) groups is 1. The Morgan fingerprint density at radius 1 is 1.21 bits per heavy atom. The highest BCUT2D eigenvalue weighted by molar-refractivity contribution is 9.10. The minimum atomic E-state index is -0.0573. The van der Waals surface area contributed by atoms with Crippen molar-refractivity contribution in [2.75, 3.05) is 29.1 Å². The van der Waals surface area contributed by atoms with Crippen molar-refractivity contribution in [1.29, 1.82) is 0 Å². The molecule has 1 aliphatic rings. The van der Waals surface area contributed by atoms with Crippen molar-refractivity contribution in [3.05, 3.63) is 57.3 Å². The van der Waals surface area contributed by atoms with Crippen LogP contribution in [0.4, 0.5) is 11.4 Å². The van der Waals surface area contributed by atoms with Gasteiger partial charge >= 0.3 is 0 Å². The van der Waals surface area contributed by atoms with Gasteiger partial charge in [-0.3, -0.25) is 4.79 Å². The number of aromatic nitrogens is 1. The number of anilines is 2. The average Bonchev–Trinajstić information content (AvgIpc) is 3.39. The summed E-state index contributed by atoms with van der Waals surface area (Å²) in [6.07, 6.45) is 2.35. The second-order valence-electron chi connectivity index (χ2n) is 6.70.